The van der Waals surface area contributed by atoms with Gasteiger partial charge in [0.1, 0.15) is 5.82 Å². The van der Waals surface area contributed by atoms with Gasteiger partial charge in [-0.25, -0.2) is 4.98 Å². The highest BCUT2D eigenvalue weighted by Crippen LogP contribution is 2.41. The Bertz CT molecular complexity index is 485. The first-order chi connectivity index (χ1) is 10.3. The highest BCUT2D eigenvalue weighted by atomic mass is 15.3. The van der Waals surface area contributed by atoms with Crippen molar-refractivity contribution < 1.29 is 0 Å². The predicted octanol–water partition coefficient (Wildman–Crippen LogP) is 1.96. The molecule has 1 aromatic heterocycles. The molecule has 1 saturated heterocycles. The van der Waals surface area contributed by atoms with Crippen molar-refractivity contribution in [3.05, 3.63) is 18.2 Å². The number of hydrogen-bond donors (Lipinski definition) is 1. The number of aryl methyl sites for hydroxylation is 1. The van der Waals surface area contributed by atoms with Crippen LogP contribution >= 0.6 is 0 Å². The van der Waals surface area contributed by atoms with Gasteiger partial charge in [0.05, 0.1) is 0 Å². The van der Waals surface area contributed by atoms with Crippen LogP contribution in [-0.2, 0) is 13.5 Å². The molecule has 116 valence electrons. The van der Waals surface area contributed by atoms with Crippen molar-refractivity contribution in [2.45, 2.75) is 56.5 Å². The number of rotatable bonds is 4. The SMILES string of the molecule is Cn1ccnc1CCN1CC(C2CC2)NCC12CCCC2. The van der Waals surface area contributed by atoms with E-state index in [0.29, 0.717) is 5.54 Å². The van der Waals surface area contributed by atoms with Crippen LogP contribution < -0.4 is 5.32 Å². The second kappa shape index (κ2) is 5.40. The van der Waals surface area contributed by atoms with Crippen LogP contribution in [-0.4, -0.2) is 45.7 Å². The van der Waals surface area contributed by atoms with Crippen LogP contribution in [0.3, 0.4) is 0 Å². The second-order valence-corrected chi connectivity index (χ2v) is 7.41. The fourth-order valence-corrected chi connectivity index (χ4v) is 4.47. The molecule has 4 nitrogen and oxygen atoms in total. The molecule has 3 aliphatic rings. The third kappa shape index (κ3) is 2.64. The summed E-state index contributed by atoms with van der Waals surface area (Å²) in [5.41, 5.74) is 0.455. The van der Waals surface area contributed by atoms with Crippen LogP contribution in [0.4, 0.5) is 0 Å². The third-order valence-electron chi connectivity index (χ3n) is 6.03. The van der Waals surface area contributed by atoms with Crippen LogP contribution in [0, 0.1) is 5.92 Å². The maximum atomic E-state index is 4.50. The van der Waals surface area contributed by atoms with Gasteiger partial charge in [0, 0.05) is 57.1 Å². The Morgan fingerprint density at radius 1 is 1.33 bits per heavy atom. The van der Waals surface area contributed by atoms with Crippen molar-refractivity contribution in [2.75, 3.05) is 19.6 Å². The van der Waals surface area contributed by atoms with Crippen molar-refractivity contribution >= 4 is 0 Å². The molecule has 1 unspecified atom stereocenters. The summed E-state index contributed by atoms with van der Waals surface area (Å²) in [7, 11) is 2.11. The summed E-state index contributed by atoms with van der Waals surface area (Å²) in [5.74, 6) is 2.18. The smallest absolute Gasteiger partial charge is 0.109 e. The van der Waals surface area contributed by atoms with Crippen LogP contribution in [0.5, 0.6) is 0 Å². The van der Waals surface area contributed by atoms with E-state index in [9.17, 15) is 0 Å². The highest BCUT2D eigenvalue weighted by molar-refractivity contribution is 5.05. The molecule has 2 heterocycles. The van der Waals surface area contributed by atoms with Crippen LogP contribution in [0.1, 0.15) is 44.3 Å². The van der Waals surface area contributed by atoms with Gasteiger partial charge in [0.2, 0.25) is 0 Å². The maximum Gasteiger partial charge on any atom is 0.109 e. The number of piperazine rings is 1. The highest BCUT2D eigenvalue weighted by Gasteiger charge is 2.46. The minimum atomic E-state index is 0.455. The van der Waals surface area contributed by atoms with E-state index in [0.717, 1.165) is 18.4 Å². The molecule has 4 rings (SSSR count). The number of hydrogen-bond acceptors (Lipinski definition) is 3. The average molecular weight is 288 g/mol. The Kier molecular flexibility index (Phi) is 3.54. The van der Waals surface area contributed by atoms with E-state index >= 15 is 0 Å². The first-order valence-corrected chi connectivity index (χ1v) is 8.71. The predicted molar refractivity (Wildman–Crippen MR) is 84.2 cm³/mol. The van der Waals surface area contributed by atoms with E-state index in [2.05, 4.69) is 33.0 Å². The molecule has 0 radical (unpaired) electrons. The molecule has 1 aromatic rings. The van der Waals surface area contributed by atoms with E-state index in [1.54, 1.807) is 0 Å². The fraction of sp³-hybridized carbons (Fsp3) is 0.824. The Morgan fingerprint density at radius 2 is 2.14 bits per heavy atom. The molecule has 2 aliphatic carbocycles. The third-order valence-corrected chi connectivity index (χ3v) is 6.03. The van der Waals surface area contributed by atoms with Gasteiger partial charge in [0.15, 0.2) is 0 Å². The topological polar surface area (TPSA) is 33.1 Å². The summed E-state index contributed by atoms with van der Waals surface area (Å²) < 4.78 is 2.17. The van der Waals surface area contributed by atoms with E-state index in [1.807, 2.05) is 6.20 Å². The van der Waals surface area contributed by atoms with E-state index in [4.69, 9.17) is 0 Å². The summed E-state index contributed by atoms with van der Waals surface area (Å²) in [6, 6.07) is 0.748. The minimum Gasteiger partial charge on any atom is -0.338 e. The molecule has 3 fully saturated rings. The summed E-state index contributed by atoms with van der Waals surface area (Å²) in [6.07, 6.45) is 13.6. The molecule has 0 amide bonds. The lowest BCUT2D eigenvalue weighted by Gasteiger charge is -2.48. The fourth-order valence-electron chi connectivity index (χ4n) is 4.47. The standard InChI is InChI=1S/C17H28N4/c1-20-11-9-18-16(20)6-10-21-12-15(14-4-5-14)19-13-17(21)7-2-3-8-17/h9,11,14-15,19H,2-8,10,12-13H2,1H3. The van der Waals surface area contributed by atoms with Gasteiger partial charge in [-0.3, -0.25) is 4.90 Å². The van der Waals surface area contributed by atoms with Gasteiger partial charge >= 0.3 is 0 Å². The zero-order valence-electron chi connectivity index (χ0n) is 13.2. The Labute approximate surface area is 127 Å². The summed E-state index contributed by atoms with van der Waals surface area (Å²) >= 11 is 0. The lowest BCUT2D eigenvalue weighted by atomic mass is 9.89. The lowest BCUT2D eigenvalue weighted by Crippen LogP contribution is -2.64. The van der Waals surface area contributed by atoms with Gasteiger partial charge in [-0.15, -0.1) is 0 Å². The van der Waals surface area contributed by atoms with Gasteiger partial charge in [0.25, 0.3) is 0 Å². The van der Waals surface area contributed by atoms with E-state index in [-0.39, 0.29) is 0 Å². The average Bonchev–Trinajstić information content (AvgIpc) is 3.11. The molecule has 2 saturated carbocycles. The Hall–Kier alpha value is -0.870. The molecule has 21 heavy (non-hydrogen) atoms. The van der Waals surface area contributed by atoms with Crippen molar-refractivity contribution in [2.24, 2.45) is 13.0 Å². The van der Waals surface area contributed by atoms with Crippen LogP contribution in [0.25, 0.3) is 0 Å². The van der Waals surface area contributed by atoms with Crippen molar-refractivity contribution in [1.82, 2.24) is 19.8 Å². The van der Waals surface area contributed by atoms with E-state index < -0.39 is 0 Å². The van der Waals surface area contributed by atoms with Gasteiger partial charge in [-0.2, -0.15) is 0 Å². The molecule has 0 bridgehead atoms. The van der Waals surface area contributed by atoms with Crippen molar-refractivity contribution in [3.8, 4) is 0 Å². The first kappa shape index (κ1) is 13.8. The minimum absolute atomic E-state index is 0.455. The van der Waals surface area contributed by atoms with E-state index in [1.165, 1.54) is 64.0 Å². The number of nitrogens with one attached hydrogen (secondary N) is 1. The van der Waals surface area contributed by atoms with Crippen LogP contribution in [0.2, 0.25) is 0 Å². The van der Waals surface area contributed by atoms with Crippen molar-refractivity contribution in [1.29, 1.82) is 0 Å². The quantitative estimate of drug-likeness (QED) is 0.919. The van der Waals surface area contributed by atoms with Gasteiger partial charge in [-0.05, 0) is 31.6 Å². The largest absolute Gasteiger partial charge is 0.338 e. The Morgan fingerprint density at radius 3 is 2.81 bits per heavy atom. The second-order valence-electron chi connectivity index (χ2n) is 7.41. The summed E-state index contributed by atoms with van der Waals surface area (Å²) in [6.45, 7) is 3.65. The lowest BCUT2D eigenvalue weighted by molar-refractivity contribution is 0.0388. The number of nitrogens with zero attached hydrogens (tertiary/aromatic N) is 3. The summed E-state index contributed by atoms with van der Waals surface area (Å²) in [4.78, 5) is 7.33. The van der Waals surface area contributed by atoms with Gasteiger partial charge < -0.3 is 9.88 Å². The van der Waals surface area contributed by atoms with Gasteiger partial charge in [-0.1, -0.05) is 12.8 Å². The molecule has 4 heteroatoms. The Balaban J connectivity index is 1.46. The molecule has 1 N–H and O–H groups in total. The normalized spacial score (nSPS) is 29.3. The molecule has 1 atom stereocenters. The van der Waals surface area contributed by atoms with Crippen LogP contribution in [0.15, 0.2) is 12.4 Å². The molecular weight excluding hydrogens is 260 g/mol. The van der Waals surface area contributed by atoms with Crippen molar-refractivity contribution in [3.63, 3.8) is 0 Å². The summed E-state index contributed by atoms with van der Waals surface area (Å²) in [5, 5.41) is 3.89. The zero-order chi connectivity index (χ0) is 14.3. The maximum absolute atomic E-state index is 4.50. The number of aromatic nitrogens is 2. The molecule has 0 aromatic carbocycles. The molecular formula is C17H28N4. The molecule has 1 spiro atoms. The zero-order valence-corrected chi connectivity index (χ0v) is 13.2. The first-order valence-electron chi connectivity index (χ1n) is 8.71. The molecule has 1 aliphatic heterocycles. The monoisotopic (exact) mass is 288 g/mol. The number of imidazole rings is 1.